The van der Waals surface area contributed by atoms with Gasteiger partial charge >= 0.3 is 0 Å². The summed E-state index contributed by atoms with van der Waals surface area (Å²) in [5, 5.41) is 3.42. The van der Waals surface area contributed by atoms with Gasteiger partial charge in [0.1, 0.15) is 0 Å². The Morgan fingerprint density at radius 3 is 2.43 bits per heavy atom. The van der Waals surface area contributed by atoms with Crippen LogP contribution in [0, 0.1) is 0 Å². The molecule has 0 bridgehead atoms. The number of anilines is 1. The van der Waals surface area contributed by atoms with Crippen LogP contribution >= 0.6 is 11.6 Å². The Morgan fingerprint density at radius 2 is 1.80 bits per heavy atom. The molecule has 7 heteroatoms. The van der Waals surface area contributed by atoms with Gasteiger partial charge in [-0.3, -0.25) is 19.4 Å². The van der Waals surface area contributed by atoms with Gasteiger partial charge in [-0.1, -0.05) is 43.0 Å². The van der Waals surface area contributed by atoms with E-state index < -0.39 is 0 Å². The molecule has 2 fully saturated rings. The first kappa shape index (κ1) is 23.0. The summed E-state index contributed by atoms with van der Waals surface area (Å²) >= 11 is 6.12. The molecule has 0 spiro atoms. The van der Waals surface area contributed by atoms with E-state index in [1.54, 1.807) is 12.1 Å². The first-order valence-corrected chi connectivity index (χ1v) is 11.7. The number of hydrogen-bond acceptors (Lipinski definition) is 4. The maximum atomic E-state index is 13.2. The number of halogens is 1. The van der Waals surface area contributed by atoms with Gasteiger partial charge in [0.25, 0.3) is 0 Å². The van der Waals surface area contributed by atoms with E-state index >= 15 is 0 Å². The van der Waals surface area contributed by atoms with Crippen molar-refractivity contribution >= 4 is 29.1 Å². The standard InChI is InChI=1S/C23H35ClN4O2/c1-3-28(19-9-5-4-6-10-19)23(30)18(2)27-15-13-26(14-16-27)17-22(29)25-21-12-8-7-11-20(21)24/h7-8,11-12,18-19H,3-6,9-10,13-17H2,1-2H3,(H,25,29)/t18-/m0/s1. The summed E-state index contributed by atoms with van der Waals surface area (Å²) in [6.07, 6.45) is 6.04. The largest absolute Gasteiger partial charge is 0.339 e. The molecule has 166 valence electrons. The van der Waals surface area contributed by atoms with Crippen molar-refractivity contribution in [2.24, 2.45) is 0 Å². The van der Waals surface area contributed by atoms with Crippen molar-refractivity contribution in [2.45, 2.75) is 58.0 Å². The molecular formula is C23H35ClN4O2. The number of amides is 2. The van der Waals surface area contributed by atoms with Gasteiger partial charge in [0, 0.05) is 38.8 Å². The monoisotopic (exact) mass is 434 g/mol. The van der Waals surface area contributed by atoms with E-state index in [2.05, 4.69) is 26.9 Å². The Balaban J connectivity index is 1.46. The first-order valence-electron chi connectivity index (χ1n) is 11.3. The van der Waals surface area contributed by atoms with E-state index in [0.29, 0.717) is 23.3 Å². The summed E-state index contributed by atoms with van der Waals surface area (Å²) in [5.41, 5.74) is 0.643. The minimum atomic E-state index is -0.106. The molecule has 1 saturated carbocycles. The van der Waals surface area contributed by atoms with E-state index in [9.17, 15) is 9.59 Å². The van der Waals surface area contributed by atoms with Crippen molar-refractivity contribution in [3.63, 3.8) is 0 Å². The van der Waals surface area contributed by atoms with Crippen LogP contribution in [-0.4, -0.2) is 77.9 Å². The van der Waals surface area contributed by atoms with Gasteiger partial charge in [-0.15, -0.1) is 0 Å². The average molecular weight is 435 g/mol. The summed E-state index contributed by atoms with van der Waals surface area (Å²) in [7, 11) is 0. The lowest BCUT2D eigenvalue weighted by molar-refractivity contribution is -0.140. The molecule has 2 aliphatic rings. The lowest BCUT2D eigenvalue weighted by Crippen LogP contribution is -2.56. The number of nitrogens with zero attached hydrogens (tertiary/aromatic N) is 3. The van der Waals surface area contributed by atoms with E-state index in [1.165, 1.54) is 19.3 Å². The fourth-order valence-corrected chi connectivity index (χ4v) is 4.83. The highest BCUT2D eigenvalue weighted by molar-refractivity contribution is 6.33. The van der Waals surface area contributed by atoms with Gasteiger partial charge < -0.3 is 10.2 Å². The Kier molecular flexibility index (Phi) is 8.54. The first-order chi connectivity index (χ1) is 14.5. The highest BCUT2D eigenvalue weighted by atomic mass is 35.5. The Bertz CT molecular complexity index is 715. The van der Waals surface area contributed by atoms with E-state index in [4.69, 9.17) is 11.6 Å². The molecule has 3 rings (SSSR count). The molecule has 1 atom stereocenters. The van der Waals surface area contributed by atoms with Crippen molar-refractivity contribution in [2.75, 3.05) is 44.6 Å². The van der Waals surface area contributed by atoms with Crippen LogP contribution in [0.3, 0.4) is 0 Å². The van der Waals surface area contributed by atoms with Gasteiger partial charge in [0.15, 0.2) is 0 Å². The quantitative estimate of drug-likeness (QED) is 0.713. The summed E-state index contributed by atoms with van der Waals surface area (Å²) in [6.45, 7) is 8.41. The minimum absolute atomic E-state index is 0.0601. The third kappa shape index (κ3) is 5.96. The van der Waals surface area contributed by atoms with Crippen LogP contribution in [-0.2, 0) is 9.59 Å². The third-order valence-corrected chi connectivity index (χ3v) is 6.80. The molecule has 1 heterocycles. The lowest BCUT2D eigenvalue weighted by Gasteiger charge is -2.41. The molecule has 0 unspecified atom stereocenters. The minimum Gasteiger partial charge on any atom is -0.339 e. The number of carbonyl (C=O) groups is 2. The lowest BCUT2D eigenvalue weighted by atomic mass is 9.93. The molecular weight excluding hydrogens is 400 g/mol. The van der Waals surface area contributed by atoms with E-state index in [0.717, 1.165) is 45.6 Å². The Morgan fingerprint density at radius 1 is 1.13 bits per heavy atom. The molecule has 1 aliphatic carbocycles. The number of benzene rings is 1. The Labute approximate surface area is 185 Å². The van der Waals surface area contributed by atoms with Gasteiger partial charge in [-0.25, -0.2) is 0 Å². The van der Waals surface area contributed by atoms with Crippen LogP contribution in [0.15, 0.2) is 24.3 Å². The number of hydrogen-bond donors (Lipinski definition) is 1. The molecule has 0 radical (unpaired) electrons. The van der Waals surface area contributed by atoms with E-state index in [-0.39, 0.29) is 17.9 Å². The van der Waals surface area contributed by atoms with Crippen molar-refractivity contribution in [3.8, 4) is 0 Å². The highest BCUT2D eigenvalue weighted by Crippen LogP contribution is 2.24. The maximum Gasteiger partial charge on any atom is 0.239 e. The van der Waals surface area contributed by atoms with Gasteiger partial charge in [0.2, 0.25) is 11.8 Å². The maximum absolute atomic E-state index is 13.2. The van der Waals surface area contributed by atoms with Crippen molar-refractivity contribution in [1.29, 1.82) is 0 Å². The topological polar surface area (TPSA) is 55.9 Å². The van der Waals surface area contributed by atoms with Crippen molar-refractivity contribution in [3.05, 3.63) is 29.3 Å². The van der Waals surface area contributed by atoms with Gasteiger partial charge in [-0.05, 0) is 38.8 Å². The summed E-state index contributed by atoms with van der Waals surface area (Å²) < 4.78 is 0. The molecule has 1 aromatic rings. The number of nitrogens with one attached hydrogen (secondary N) is 1. The zero-order valence-corrected chi connectivity index (χ0v) is 19.0. The number of para-hydroxylation sites is 1. The second-order valence-corrected chi connectivity index (χ2v) is 8.84. The fraction of sp³-hybridized carbons (Fsp3) is 0.652. The fourth-order valence-electron chi connectivity index (χ4n) is 4.65. The zero-order chi connectivity index (χ0) is 21.5. The molecule has 1 aromatic carbocycles. The third-order valence-electron chi connectivity index (χ3n) is 6.47. The normalized spacial score (nSPS) is 20.0. The second kappa shape index (κ2) is 11.1. The van der Waals surface area contributed by atoms with Crippen LogP contribution < -0.4 is 5.32 Å². The van der Waals surface area contributed by atoms with Crippen molar-refractivity contribution < 1.29 is 9.59 Å². The molecule has 2 amide bonds. The van der Waals surface area contributed by atoms with Crippen LogP contribution in [0.1, 0.15) is 46.0 Å². The summed E-state index contributed by atoms with van der Waals surface area (Å²) in [4.78, 5) is 32.0. The SMILES string of the molecule is CCN(C(=O)[C@H](C)N1CCN(CC(=O)Nc2ccccc2Cl)CC1)C1CCCCC1. The van der Waals surface area contributed by atoms with Crippen molar-refractivity contribution in [1.82, 2.24) is 14.7 Å². The summed E-state index contributed by atoms with van der Waals surface area (Å²) in [6, 6.07) is 7.57. The van der Waals surface area contributed by atoms with E-state index in [1.807, 2.05) is 19.1 Å². The van der Waals surface area contributed by atoms with Crippen LogP contribution in [0.25, 0.3) is 0 Å². The molecule has 30 heavy (non-hydrogen) atoms. The van der Waals surface area contributed by atoms with Crippen LogP contribution in [0.4, 0.5) is 5.69 Å². The predicted octanol–water partition coefficient (Wildman–Crippen LogP) is 3.47. The van der Waals surface area contributed by atoms with Gasteiger partial charge in [-0.2, -0.15) is 0 Å². The smallest absolute Gasteiger partial charge is 0.239 e. The molecule has 6 nitrogen and oxygen atoms in total. The number of likely N-dealkylation sites (N-methyl/N-ethyl adjacent to an activating group) is 1. The highest BCUT2D eigenvalue weighted by Gasteiger charge is 2.32. The summed E-state index contributed by atoms with van der Waals surface area (Å²) in [5.74, 6) is 0.199. The number of piperazine rings is 1. The number of carbonyl (C=O) groups excluding carboxylic acids is 2. The average Bonchev–Trinajstić information content (AvgIpc) is 2.76. The molecule has 0 aromatic heterocycles. The Hall–Kier alpha value is -1.63. The molecule has 1 N–H and O–H groups in total. The van der Waals surface area contributed by atoms with Gasteiger partial charge in [0.05, 0.1) is 23.3 Å². The number of rotatable bonds is 7. The van der Waals surface area contributed by atoms with Crippen LogP contribution in [0.2, 0.25) is 5.02 Å². The van der Waals surface area contributed by atoms with Crippen LogP contribution in [0.5, 0.6) is 0 Å². The molecule has 1 aliphatic heterocycles. The molecule has 1 saturated heterocycles. The zero-order valence-electron chi connectivity index (χ0n) is 18.3. The predicted molar refractivity (Wildman–Crippen MR) is 122 cm³/mol. The second-order valence-electron chi connectivity index (χ2n) is 8.43.